The zero-order valence-electron chi connectivity index (χ0n) is 10.8. The van der Waals surface area contributed by atoms with E-state index in [2.05, 4.69) is 48.3 Å². The van der Waals surface area contributed by atoms with Crippen LogP contribution in [0.15, 0.2) is 24.3 Å². The van der Waals surface area contributed by atoms with Gasteiger partial charge >= 0.3 is 0 Å². The van der Waals surface area contributed by atoms with Crippen molar-refractivity contribution < 1.29 is 4.74 Å². The number of nitrogens with zero attached hydrogens (tertiary/aromatic N) is 1. The van der Waals surface area contributed by atoms with Crippen molar-refractivity contribution in [2.45, 2.75) is 19.9 Å². The third-order valence-corrected chi connectivity index (χ3v) is 3.36. The fourth-order valence-electron chi connectivity index (χ4n) is 2.20. The minimum Gasteiger partial charge on any atom is -0.384 e. The molecular weight excluding hydrogens is 212 g/mol. The molecular formula is C14H22N2O. The molecule has 0 amide bonds. The summed E-state index contributed by atoms with van der Waals surface area (Å²) in [6.07, 6.45) is 0. The van der Waals surface area contributed by atoms with Crippen LogP contribution in [0.25, 0.3) is 0 Å². The van der Waals surface area contributed by atoms with Gasteiger partial charge in [-0.2, -0.15) is 0 Å². The van der Waals surface area contributed by atoms with Crippen molar-refractivity contribution in [3.8, 4) is 0 Å². The molecule has 0 aliphatic carbocycles. The lowest BCUT2D eigenvalue weighted by Crippen LogP contribution is -2.45. The van der Waals surface area contributed by atoms with Crippen molar-refractivity contribution >= 4 is 5.69 Å². The van der Waals surface area contributed by atoms with Gasteiger partial charge in [0.1, 0.15) is 0 Å². The van der Waals surface area contributed by atoms with Gasteiger partial charge in [0, 0.05) is 31.4 Å². The van der Waals surface area contributed by atoms with E-state index in [1.807, 2.05) is 0 Å². The van der Waals surface area contributed by atoms with Crippen LogP contribution in [0.3, 0.4) is 0 Å². The van der Waals surface area contributed by atoms with Crippen LogP contribution in [-0.4, -0.2) is 43.8 Å². The van der Waals surface area contributed by atoms with E-state index in [0.717, 1.165) is 32.8 Å². The van der Waals surface area contributed by atoms with Gasteiger partial charge < -0.3 is 10.1 Å². The van der Waals surface area contributed by atoms with Crippen LogP contribution in [-0.2, 0) is 4.74 Å². The van der Waals surface area contributed by atoms with Crippen molar-refractivity contribution in [2.24, 2.45) is 0 Å². The lowest BCUT2D eigenvalue weighted by atomic mass is 10.2. The Balaban J connectivity index is 1.77. The number of rotatable bonds is 4. The number of nitrogens with one attached hydrogen (secondary N) is 1. The lowest BCUT2D eigenvalue weighted by Gasteiger charge is -2.33. The van der Waals surface area contributed by atoms with Gasteiger partial charge in [0.25, 0.3) is 0 Å². The van der Waals surface area contributed by atoms with Crippen molar-refractivity contribution in [3.63, 3.8) is 0 Å². The van der Waals surface area contributed by atoms with Crippen LogP contribution in [0.5, 0.6) is 0 Å². The number of morpholine rings is 1. The Bertz CT molecular complexity index is 354. The Labute approximate surface area is 104 Å². The molecule has 3 heteroatoms. The van der Waals surface area contributed by atoms with Crippen molar-refractivity contribution in [2.75, 3.05) is 38.2 Å². The number of para-hydroxylation sites is 1. The minimum absolute atomic E-state index is 0.544. The minimum atomic E-state index is 0.544. The topological polar surface area (TPSA) is 24.5 Å². The molecule has 1 saturated heterocycles. The molecule has 1 aliphatic heterocycles. The van der Waals surface area contributed by atoms with E-state index >= 15 is 0 Å². The second kappa shape index (κ2) is 6.03. The first-order valence-electron chi connectivity index (χ1n) is 6.38. The van der Waals surface area contributed by atoms with Gasteiger partial charge in [0.15, 0.2) is 0 Å². The fraction of sp³-hybridized carbons (Fsp3) is 0.571. The third-order valence-electron chi connectivity index (χ3n) is 3.36. The Morgan fingerprint density at radius 1 is 1.41 bits per heavy atom. The summed E-state index contributed by atoms with van der Waals surface area (Å²) in [5.74, 6) is 0. The van der Waals surface area contributed by atoms with Crippen LogP contribution in [0.4, 0.5) is 5.69 Å². The van der Waals surface area contributed by atoms with Crippen LogP contribution in [0.1, 0.15) is 12.5 Å². The molecule has 1 atom stereocenters. The first kappa shape index (κ1) is 12.4. The number of ether oxygens (including phenoxy) is 1. The largest absolute Gasteiger partial charge is 0.384 e. The zero-order chi connectivity index (χ0) is 12.1. The van der Waals surface area contributed by atoms with Crippen molar-refractivity contribution in [1.29, 1.82) is 0 Å². The van der Waals surface area contributed by atoms with Crippen LogP contribution < -0.4 is 5.32 Å². The smallest absolute Gasteiger partial charge is 0.0619 e. The first-order chi connectivity index (χ1) is 8.27. The zero-order valence-corrected chi connectivity index (χ0v) is 10.8. The molecule has 2 rings (SSSR count). The first-order valence-corrected chi connectivity index (χ1v) is 6.38. The molecule has 0 bridgehead atoms. The van der Waals surface area contributed by atoms with Crippen molar-refractivity contribution in [1.82, 2.24) is 4.90 Å². The monoisotopic (exact) mass is 234 g/mol. The fourth-order valence-corrected chi connectivity index (χ4v) is 2.20. The predicted octanol–water partition coefficient (Wildman–Crippen LogP) is 2.13. The van der Waals surface area contributed by atoms with Crippen molar-refractivity contribution in [3.05, 3.63) is 29.8 Å². The summed E-state index contributed by atoms with van der Waals surface area (Å²) in [7, 11) is 0. The van der Waals surface area contributed by atoms with Crippen LogP contribution >= 0.6 is 0 Å². The average Bonchev–Trinajstić information content (AvgIpc) is 2.34. The van der Waals surface area contributed by atoms with Gasteiger partial charge in [-0.15, -0.1) is 0 Å². The third kappa shape index (κ3) is 3.45. The summed E-state index contributed by atoms with van der Waals surface area (Å²) in [4.78, 5) is 2.48. The summed E-state index contributed by atoms with van der Waals surface area (Å²) in [6, 6.07) is 8.97. The molecule has 1 N–H and O–H groups in total. The van der Waals surface area contributed by atoms with E-state index in [0.29, 0.717) is 6.04 Å². The number of aryl methyl sites for hydroxylation is 1. The molecule has 0 radical (unpaired) electrons. The lowest BCUT2D eigenvalue weighted by molar-refractivity contribution is 0.00181. The highest BCUT2D eigenvalue weighted by Crippen LogP contribution is 2.13. The highest BCUT2D eigenvalue weighted by molar-refractivity contribution is 5.50. The molecule has 0 aromatic heterocycles. The van der Waals surface area contributed by atoms with Gasteiger partial charge in [-0.25, -0.2) is 0 Å². The van der Waals surface area contributed by atoms with Gasteiger partial charge in [0.05, 0.1) is 13.2 Å². The molecule has 94 valence electrons. The summed E-state index contributed by atoms with van der Waals surface area (Å²) in [6.45, 7) is 9.23. The van der Waals surface area contributed by atoms with Gasteiger partial charge in [-0.1, -0.05) is 18.2 Å². The number of hydrogen-bond donors (Lipinski definition) is 1. The van der Waals surface area contributed by atoms with E-state index in [9.17, 15) is 0 Å². The van der Waals surface area contributed by atoms with E-state index in [4.69, 9.17) is 4.74 Å². The average molecular weight is 234 g/mol. The molecule has 1 aromatic rings. The second-order valence-corrected chi connectivity index (χ2v) is 4.70. The summed E-state index contributed by atoms with van der Waals surface area (Å²) < 4.78 is 5.43. The predicted molar refractivity (Wildman–Crippen MR) is 71.5 cm³/mol. The Morgan fingerprint density at radius 2 is 2.24 bits per heavy atom. The number of hydrogen-bond acceptors (Lipinski definition) is 3. The maximum atomic E-state index is 5.43. The standard InChI is InChI=1S/C14H22N2O/c1-12-5-3-4-6-14(12)15-7-8-16-9-10-17-11-13(16)2/h3-6,13,15H,7-11H2,1-2H3. The highest BCUT2D eigenvalue weighted by atomic mass is 16.5. The van der Waals surface area contributed by atoms with E-state index < -0.39 is 0 Å². The molecule has 3 nitrogen and oxygen atoms in total. The molecule has 1 aromatic carbocycles. The molecule has 0 saturated carbocycles. The normalized spacial score (nSPS) is 21.4. The van der Waals surface area contributed by atoms with Gasteiger partial charge in [-0.3, -0.25) is 4.90 Å². The summed E-state index contributed by atoms with van der Waals surface area (Å²) in [5.41, 5.74) is 2.55. The molecule has 1 heterocycles. The van der Waals surface area contributed by atoms with E-state index in [1.54, 1.807) is 0 Å². The SMILES string of the molecule is Cc1ccccc1NCCN1CCOCC1C. The van der Waals surface area contributed by atoms with Crippen LogP contribution in [0, 0.1) is 6.92 Å². The van der Waals surface area contributed by atoms with Crippen LogP contribution in [0.2, 0.25) is 0 Å². The Kier molecular flexibility index (Phi) is 4.40. The maximum absolute atomic E-state index is 5.43. The number of benzene rings is 1. The molecule has 0 spiro atoms. The summed E-state index contributed by atoms with van der Waals surface area (Å²) in [5, 5.41) is 3.50. The summed E-state index contributed by atoms with van der Waals surface area (Å²) >= 11 is 0. The molecule has 17 heavy (non-hydrogen) atoms. The highest BCUT2D eigenvalue weighted by Gasteiger charge is 2.17. The molecule has 1 fully saturated rings. The Morgan fingerprint density at radius 3 is 3.00 bits per heavy atom. The quantitative estimate of drug-likeness (QED) is 0.863. The number of anilines is 1. The Hall–Kier alpha value is -1.06. The second-order valence-electron chi connectivity index (χ2n) is 4.70. The molecule has 1 unspecified atom stereocenters. The molecule has 1 aliphatic rings. The maximum Gasteiger partial charge on any atom is 0.0619 e. The van der Waals surface area contributed by atoms with E-state index in [1.165, 1.54) is 11.3 Å². The van der Waals surface area contributed by atoms with E-state index in [-0.39, 0.29) is 0 Å². The van der Waals surface area contributed by atoms with Gasteiger partial charge in [0.2, 0.25) is 0 Å². The van der Waals surface area contributed by atoms with Gasteiger partial charge in [-0.05, 0) is 25.5 Å².